The first-order chi connectivity index (χ1) is 9.55. The summed E-state index contributed by atoms with van der Waals surface area (Å²) in [5.74, 6) is -0.315. The molecule has 0 bridgehead atoms. The molecule has 1 aliphatic rings. The molecule has 1 fully saturated rings. The van der Waals surface area contributed by atoms with Crippen molar-refractivity contribution in [1.82, 2.24) is 0 Å². The van der Waals surface area contributed by atoms with E-state index in [9.17, 15) is 4.79 Å². The Hall–Kier alpha value is -0.653. The standard InChI is InChI=1S/C15H28O4Si/c1-13(2)15(16)19-11-8-12-20(17-3,18-4)14-9-6-5-7-10-14/h14H,1,5-12H2,2-4H3. The molecule has 0 radical (unpaired) electrons. The van der Waals surface area contributed by atoms with Crippen molar-refractivity contribution in [3.8, 4) is 0 Å². The summed E-state index contributed by atoms with van der Waals surface area (Å²) in [7, 11) is 1.38. The van der Waals surface area contributed by atoms with Crippen molar-refractivity contribution in [3.05, 3.63) is 12.2 Å². The van der Waals surface area contributed by atoms with Gasteiger partial charge in [0.25, 0.3) is 0 Å². The zero-order chi connectivity index (χ0) is 15.0. The lowest BCUT2D eigenvalue weighted by Crippen LogP contribution is -2.46. The normalized spacial score (nSPS) is 16.9. The van der Waals surface area contributed by atoms with Crippen molar-refractivity contribution in [2.24, 2.45) is 0 Å². The van der Waals surface area contributed by atoms with Gasteiger partial charge in [-0.1, -0.05) is 25.8 Å². The van der Waals surface area contributed by atoms with Gasteiger partial charge in [-0.05, 0) is 32.2 Å². The zero-order valence-corrected chi connectivity index (χ0v) is 14.1. The molecule has 0 aromatic carbocycles. The van der Waals surface area contributed by atoms with Crippen LogP contribution in [0.5, 0.6) is 0 Å². The van der Waals surface area contributed by atoms with Crippen molar-refractivity contribution in [2.75, 3.05) is 20.8 Å². The molecule has 0 amide bonds. The van der Waals surface area contributed by atoms with Crippen LogP contribution in [-0.4, -0.2) is 35.4 Å². The molecule has 5 heteroatoms. The van der Waals surface area contributed by atoms with Gasteiger partial charge in [-0.3, -0.25) is 0 Å². The van der Waals surface area contributed by atoms with Crippen LogP contribution in [0.3, 0.4) is 0 Å². The maximum Gasteiger partial charge on any atom is 0.340 e. The Morgan fingerprint density at radius 2 is 1.80 bits per heavy atom. The van der Waals surface area contributed by atoms with Gasteiger partial charge in [0.15, 0.2) is 0 Å². The van der Waals surface area contributed by atoms with Crippen LogP contribution in [-0.2, 0) is 18.4 Å². The molecule has 0 saturated heterocycles. The molecule has 0 aliphatic heterocycles. The predicted octanol–water partition coefficient (Wildman–Crippen LogP) is 3.57. The van der Waals surface area contributed by atoms with Crippen LogP contribution in [0.15, 0.2) is 12.2 Å². The van der Waals surface area contributed by atoms with Crippen molar-refractivity contribution in [1.29, 1.82) is 0 Å². The van der Waals surface area contributed by atoms with Gasteiger partial charge in [0, 0.05) is 25.3 Å². The van der Waals surface area contributed by atoms with Crippen LogP contribution in [0.2, 0.25) is 11.6 Å². The van der Waals surface area contributed by atoms with Gasteiger partial charge in [0.1, 0.15) is 0 Å². The van der Waals surface area contributed by atoms with Crippen LogP contribution in [0.4, 0.5) is 0 Å². The Morgan fingerprint density at radius 1 is 1.20 bits per heavy atom. The Bertz CT molecular complexity index is 320. The summed E-state index contributed by atoms with van der Waals surface area (Å²) >= 11 is 0. The molecule has 0 N–H and O–H groups in total. The SMILES string of the molecule is C=C(C)C(=O)OCCC[Si](OC)(OC)C1CCCCC1. The van der Waals surface area contributed by atoms with E-state index in [1.807, 2.05) is 0 Å². The van der Waals surface area contributed by atoms with Crippen LogP contribution in [0.1, 0.15) is 45.4 Å². The second-order valence-electron chi connectivity index (χ2n) is 5.57. The van der Waals surface area contributed by atoms with E-state index in [0.717, 1.165) is 12.5 Å². The van der Waals surface area contributed by atoms with Crippen LogP contribution in [0, 0.1) is 0 Å². The molecule has 1 aliphatic carbocycles. The summed E-state index contributed by atoms with van der Waals surface area (Å²) in [6.45, 7) is 5.65. The number of ether oxygens (including phenoxy) is 1. The van der Waals surface area contributed by atoms with Crippen molar-refractivity contribution in [2.45, 2.75) is 57.0 Å². The third-order valence-corrected chi connectivity index (χ3v) is 8.42. The van der Waals surface area contributed by atoms with E-state index in [1.54, 1.807) is 21.1 Å². The lowest BCUT2D eigenvalue weighted by molar-refractivity contribution is -0.138. The predicted molar refractivity (Wildman–Crippen MR) is 81.8 cm³/mol. The molecule has 0 aromatic rings. The van der Waals surface area contributed by atoms with Crippen molar-refractivity contribution < 1.29 is 18.4 Å². The summed E-state index contributed by atoms with van der Waals surface area (Å²) in [6.07, 6.45) is 7.08. The topological polar surface area (TPSA) is 44.8 Å². The molecule has 0 heterocycles. The van der Waals surface area contributed by atoms with Crippen molar-refractivity contribution >= 4 is 14.5 Å². The third kappa shape index (κ3) is 4.72. The van der Waals surface area contributed by atoms with Crippen LogP contribution in [0.25, 0.3) is 0 Å². The summed E-state index contributed by atoms with van der Waals surface area (Å²) in [6, 6.07) is 0.883. The molecular weight excluding hydrogens is 272 g/mol. The van der Waals surface area contributed by atoms with Gasteiger partial charge in [0.2, 0.25) is 0 Å². The number of carbonyl (C=O) groups is 1. The van der Waals surface area contributed by atoms with E-state index in [1.165, 1.54) is 32.1 Å². The average molecular weight is 300 g/mol. The van der Waals surface area contributed by atoms with E-state index in [2.05, 4.69) is 6.58 Å². The van der Waals surface area contributed by atoms with E-state index in [0.29, 0.717) is 17.7 Å². The molecule has 116 valence electrons. The van der Waals surface area contributed by atoms with E-state index in [4.69, 9.17) is 13.6 Å². The second-order valence-corrected chi connectivity index (χ2v) is 9.33. The van der Waals surface area contributed by atoms with Crippen molar-refractivity contribution in [3.63, 3.8) is 0 Å². The number of rotatable bonds is 8. The Kier molecular flexibility index (Phi) is 7.48. The molecule has 0 spiro atoms. The maximum absolute atomic E-state index is 11.3. The number of hydrogen-bond acceptors (Lipinski definition) is 4. The molecule has 0 aromatic heterocycles. The molecule has 4 nitrogen and oxygen atoms in total. The monoisotopic (exact) mass is 300 g/mol. The van der Waals surface area contributed by atoms with Crippen LogP contribution >= 0.6 is 0 Å². The number of hydrogen-bond donors (Lipinski definition) is 0. The van der Waals surface area contributed by atoms with E-state index < -0.39 is 8.56 Å². The average Bonchev–Trinajstić information content (AvgIpc) is 2.48. The molecule has 0 unspecified atom stereocenters. The highest BCUT2D eigenvalue weighted by molar-refractivity contribution is 6.69. The molecular formula is C15H28O4Si. The van der Waals surface area contributed by atoms with Crippen LogP contribution < -0.4 is 0 Å². The number of carbonyl (C=O) groups excluding carboxylic acids is 1. The third-order valence-electron chi connectivity index (χ3n) is 4.17. The Labute approximate surface area is 123 Å². The summed E-state index contributed by atoms with van der Waals surface area (Å²) in [5, 5.41) is 0. The first-order valence-corrected chi connectivity index (χ1v) is 9.58. The first kappa shape index (κ1) is 17.4. The molecule has 0 atom stereocenters. The highest BCUT2D eigenvalue weighted by Gasteiger charge is 2.44. The second kappa shape index (κ2) is 8.59. The van der Waals surface area contributed by atoms with Gasteiger partial charge in [0.05, 0.1) is 6.61 Å². The zero-order valence-electron chi connectivity index (χ0n) is 13.1. The lowest BCUT2D eigenvalue weighted by atomic mass is 10.0. The Balaban J connectivity index is 2.45. The fraction of sp³-hybridized carbons (Fsp3) is 0.800. The minimum atomic E-state index is -2.16. The minimum absolute atomic E-state index is 0.315. The maximum atomic E-state index is 11.3. The molecule has 20 heavy (non-hydrogen) atoms. The van der Waals surface area contributed by atoms with Gasteiger partial charge < -0.3 is 13.6 Å². The highest BCUT2D eigenvalue weighted by Crippen LogP contribution is 2.40. The van der Waals surface area contributed by atoms with Gasteiger partial charge in [-0.2, -0.15) is 0 Å². The van der Waals surface area contributed by atoms with Gasteiger partial charge >= 0.3 is 14.5 Å². The summed E-state index contributed by atoms with van der Waals surface area (Å²) in [4.78, 5) is 11.3. The Morgan fingerprint density at radius 3 is 2.30 bits per heavy atom. The van der Waals surface area contributed by atoms with Gasteiger partial charge in [-0.25, -0.2) is 4.79 Å². The molecule has 1 rings (SSSR count). The summed E-state index contributed by atoms with van der Waals surface area (Å²) < 4.78 is 16.8. The molecule has 1 saturated carbocycles. The lowest BCUT2D eigenvalue weighted by Gasteiger charge is -2.37. The quantitative estimate of drug-likeness (QED) is 0.297. The smallest absolute Gasteiger partial charge is 0.340 e. The van der Waals surface area contributed by atoms with Gasteiger partial charge in [-0.15, -0.1) is 0 Å². The summed E-state index contributed by atoms with van der Waals surface area (Å²) in [5.41, 5.74) is 1.02. The fourth-order valence-corrected chi connectivity index (χ4v) is 6.55. The number of esters is 1. The van der Waals surface area contributed by atoms with E-state index >= 15 is 0 Å². The highest BCUT2D eigenvalue weighted by atomic mass is 28.4. The largest absolute Gasteiger partial charge is 0.462 e. The first-order valence-electron chi connectivity index (χ1n) is 7.48. The van der Waals surface area contributed by atoms with E-state index in [-0.39, 0.29) is 5.97 Å². The minimum Gasteiger partial charge on any atom is -0.462 e. The fourth-order valence-electron chi connectivity index (χ4n) is 2.97.